The molecule has 0 aromatic heterocycles. The molecule has 0 amide bonds. The largest absolute Gasteiger partial charge is 0.508 e. The summed E-state index contributed by atoms with van der Waals surface area (Å²) in [6, 6.07) is 10.6. The van der Waals surface area contributed by atoms with E-state index in [1.807, 2.05) is 25.1 Å². The lowest BCUT2D eigenvalue weighted by Crippen LogP contribution is -2.38. The standard InChI is InChI=1S/C21H24ClNO3/c1-14-10-17(22)6-8-19(14)21(25)16-4-3-9-23(13-16)12-15-5-7-18(24)11-20(15)26-2/h5-8,10-11,16,24H,3-4,9,12-13H2,1-2H3. The minimum Gasteiger partial charge on any atom is -0.508 e. The van der Waals surface area contributed by atoms with Gasteiger partial charge in [-0.25, -0.2) is 0 Å². The third-order valence-electron chi connectivity index (χ3n) is 4.99. The molecule has 1 atom stereocenters. The first-order valence-corrected chi connectivity index (χ1v) is 9.24. The van der Waals surface area contributed by atoms with Crippen molar-refractivity contribution in [3.05, 3.63) is 58.1 Å². The summed E-state index contributed by atoms with van der Waals surface area (Å²) in [5.41, 5.74) is 2.71. The molecule has 1 unspecified atom stereocenters. The maximum absolute atomic E-state index is 13.0. The molecule has 0 spiro atoms. The van der Waals surface area contributed by atoms with Gasteiger partial charge in [-0.15, -0.1) is 0 Å². The van der Waals surface area contributed by atoms with E-state index in [1.165, 1.54) is 0 Å². The van der Waals surface area contributed by atoms with Gasteiger partial charge in [-0.05, 0) is 56.1 Å². The number of phenolic OH excluding ortho intramolecular Hbond substituents is 1. The van der Waals surface area contributed by atoms with Crippen molar-refractivity contribution in [1.29, 1.82) is 0 Å². The Bertz CT molecular complexity index is 806. The van der Waals surface area contributed by atoms with E-state index in [-0.39, 0.29) is 17.5 Å². The second kappa shape index (κ2) is 8.11. The Kier molecular flexibility index (Phi) is 5.84. The fourth-order valence-corrected chi connectivity index (χ4v) is 3.87. The van der Waals surface area contributed by atoms with Gasteiger partial charge in [-0.1, -0.05) is 17.7 Å². The summed E-state index contributed by atoms with van der Waals surface area (Å²) in [5, 5.41) is 10.3. The number of Topliss-reactive ketones (excluding diaryl/α,β-unsaturated/α-hetero) is 1. The Morgan fingerprint density at radius 1 is 1.31 bits per heavy atom. The molecular weight excluding hydrogens is 350 g/mol. The normalized spacial score (nSPS) is 17.9. The van der Waals surface area contributed by atoms with Crippen LogP contribution in [0.3, 0.4) is 0 Å². The number of nitrogens with zero attached hydrogens (tertiary/aromatic N) is 1. The zero-order chi connectivity index (χ0) is 18.7. The number of aryl methyl sites for hydroxylation is 1. The number of ether oxygens (including phenoxy) is 1. The first-order valence-electron chi connectivity index (χ1n) is 8.86. The molecule has 1 fully saturated rings. The first kappa shape index (κ1) is 18.7. The molecule has 5 heteroatoms. The molecule has 4 nitrogen and oxygen atoms in total. The number of hydrogen-bond donors (Lipinski definition) is 1. The molecule has 1 heterocycles. The summed E-state index contributed by atoms with van der Waals surface area (Å²) in [6.45, 7) is 4.31. The van der Waals surface area contributed by atoms with E-state index in [0.717, 1.165) is 42.6 Å². The van der Waals surface area contributed by atoms with Crippen LogP contribution < -0.4 is 4.74 Å². The van der Waals surface area contributed by atoms with Gasteiger partial charge in [0.2, 0.25) is 0 Å². The Labute approximate surface area is 159 Å². The average Bonchev–Trinajstić information content (AvgIpc) is 2.63. The number of rotatable bonds is 5. The van der Waals surface area contributed by atoms with Gasteiger partial charge in [0.05, 0.1) is 7.11 Å². The number of halogens is 1. The summed E-state index contributed by atoms with van der Waals surface area (Å²) >= 11 is 6.01. The number of likely N-dealkylation sites (tertiary alicyclic amines) is 1. The zero-order valence-electron chi connectivity index (χ0n) is 15.2. The van der Waals surface area contributed by atoms with E-state index in [2.05, 4.69) is 4.90 Å². The Morgan fingerprint density at radius 2 is 2.12 bits per heavy atom. The molecular formula is C21H24ClNO3. The van der Waals surface area contributed by atoms with E-state index < -0.39 is 0 Å². The van der Waals surface area contributed by atoms with Crippen molar-refractivity contribution in [2.45, 2.75) is 26.3 Å². The molecule has 2 aromatic rings. The molecule has 2 aromatic carbocycles. The third-order valence-corrected chi connectivity index (χ3v) is 5.23. The lowest BCUT2D eigenvalue weighted by atomic mass is 9.88. The molecule has 0 radical (unpaired) electrons. The van der Waals surface area contributed by atoms with Crippen molar-refractivity contribution in [3.63, 3.8) is 0 Å². The highest BCUT2D eigenvalue weighted by Gasteiger charge is 2.27. The van der Waals surface area contributed by atoms with Gasteiger partial charge in [0.25, 0.3) is 0 Å². The highest BCUT2D eigenvalue weighted by molar-refractivity contribution is 6.30. The van der Waals surface area contributed by atoms with Gasteiger partial charge in [-0.2, -0.15) is 0 Å². The maximum Gasteiger partial charge on any atom is 0.167 e. The van der Waals surface area contributed by atoms with Crippen LogP contribution in [0.2, 0.25) is 5.02 Å². The highest BCUT2D eigenvalue weighted by Crippen LogP contribution is 2.28. The summed E-state index contributed by atoms with van der Waals surface area (Å²) in [7, 11) is 1.60. The maximum atomic E-state index is 13.0. The number of phenols is 1. The van der Waals surface area contributed by atoms with Crippen LogP contribution in [0, 0.1) is 12.8 Å². The smallest absolute Gasteiger partial charge is 0.167 e. The highest BCUT2D eigenvalue weighted by atomic mass is 35.5. The van der Waals surface area contributed by atoms with Gasteiger partial charge in [0.1, 0.15) is 11.5 Å². The summed E-state index contributed by atoms with van der Waals surface area (Å²) in [6.07, 6.45) is 1.90. The molecule has 0 aliphatic carbocycles. The molecule has 26 heavy (non-hydrogen) atoms. The fraction of sp³-hybridized carbons (Fsp3) is 0.381. The molecule has 0 bridgehead atoms. The molecule has 1 aliphatic heterocycles. The molecule has 1 aliphatic rings. The van der Waals surface area contributed by atoms with Crippen LogP contribution in [0.5, 0.6) is 11.5 Å². The third kappa shape index (κ3) is 4.19. The van der Waals surface area contributed by atoms with Crippen LogP contribution in [0.15, 0.2) is 36.4 Å². The van der Waals surface area contributed by atoms with Crippen molar-refractivity contribution in [2.24, 2.45) is 5.92 Å². The predicted molar refractivity (Wildman–Crippen MR) is 103 cm³/mol. The number of ketones is 1. The number of benzene rings is 2. The first-order chi connectivity index (χ1) is 12.5. The summed E-state index contributed by atoms with van der Waals surface area (Å²) < 4.78 is 5.37. The van der Waals surface area contributed by atoms with E-state index in [0.29, 0.717) is 17.3 Å². The van der Waals surface area contributed by atoms with E-state index >= 15 is 0 Å². The van der Waals surface area contributed by atoms with E-state index in [4.69, 9.17) is 16.3 Å². The zero-order valence-corrected chi connectivity index (χ0v) is 15.9. The van der Waals surface area contributed by atoms with E-state index in [9.17, 15) is 9.90 Å². The van der Waals surface area contributed by atoms with Crippen molar-refractivity contribution in [1.82, 2.24) is 4.90 Å². The molecule has 0 saturated carbocycles. The van der Waals surface area contributed by atoms with Crippen LogP contribution in [0.25, 0.3) is 0 Å². The minimum absolute atomic E-state index is 0.00765. The number of methoxy groups -OCH3 is 1. The topological polar surface area (TPSA) is 49.8 Å². The van der Waals surface area contributed by atoms with Crippen LogP contribution in [0.1, 0.15) is 34.3 Å². The van der Waals surface area contributed by atoms with Crippen molar-refractivity contribution < 1.29 is 14.6 Å². The second-order valence-corrected chi connectivity index (χ2v) is 7.33. The van der Waals surface area contributed by atoms with Gasteiger partial charge in [0, 0.05) is 41.2 Å². The lowest BCUT2D eigenvalue weighted by Gasteiger charge is -2.32. The van der Waals surface area contributed by atoms with E-state index in [1.54, 1.807) is 25.3 Å². The van der Waals surface area contributed by atoms with Gasteiger partial charge in [-0.3, -0.25) is 9.69 Å². The van der Waals surface area contributed by atoms with Crippen LogP contribution in [-0.4, -0.2) is 36.0 Å². The van der Waals surface area contributed by atoms with Crippen molar-refractivity contribution in [2.75, 3.05) is 20.2 Å². The number of piperidine rings is 1. The molecule has 1 N–H and O–H groups in total. The number of carbonyl (C=O) groups excluding carboxylic acids is 1. The Hall–Kier alpha value is -2.04. The van der Waals surface area contributed by atoms with Crippen molar-refractivity contribution >= 4 is 17.4 Å². The summed E-state index contributed by atoms with van der Waals surface area (Å²) in [4.78, 5) is 15.3. The quantitative estimate of drug-likeness (QED) is 0.786. The Balaban J connectivity index is 1.72. The van der Waals surface area contributed by atoms with Crippen LogP contribution >= 0.6 is 11.6 Å². The Morgan fingerprint density at radius 3 is 2.85 bits per heavy atom. The average molecular weight is 374 g/mol. The summed E-state index contributed by atoms with van der Waals surface area (Å²) in [5.74, 6) is 1.05. The predicted octanol–water partition coefficient (Wildman–Crippen LogP) is 4.46. The molecule has 1 saturated heterocycles. The molecule has 138 valence electrons. The monoisotopic (exact) mass is 373 g/mol. The van der Waals surface area contributed by atoms with Gasteiger partial charge < -0.3 is 9.84 Å². The fourth-order valence-electron chi connectivity index (χ4n) is 3.64. The second-order valence-electron chi connectivity index (χ2n) is 6.89. The van der Waals surface area contributed by atoms with Crippen LogP contribution in [-0.2, 0) is 6.54 Å². The van der Waals surface area contributed by atoms with Gasteiger partial charge in [0.15, 0.2) is 5.78 Å². The number of aromatic hydroxyl groups is 1. The number of carbonyl (C=O) groups is 1. The van der Waals surface area contributed by atoms with Crippen LogP contribution in [0.4, 0.5) is 0 Å². The van der Waals surface area contributed by atoms with Gasteiger partial charge >= 0.3 is 0 Å². The number of hydrogen-bond acceptors (Lipinski definition) is 4. The van der Waals surface area contributed by atoms with Crippen molar-refractivity contribution in [3.8, 4) is 11.5 Å². The SMILES string of the molecule is COc1cc(O)ccc1CN1CCCC(C(=O)c2ccc(Cl)cc2C)C1. The lowest BCUT2D eigenvalue weighted by molar-refractivity contribution is 0.0810. The molecule has 3 rings (SSSR count). The minimum atomic E-state index is -0.00765.